The van der Waals surface area contributed by atoms with Crippen LogP contribution in [0.15, 0.2) is 28.3 Å². The number of hydrogen-bond acceptors (Lipinski definition) is 6. The van der Waals surface area contributed by atoms with Crippen molar-refractivity contribution < 1.29 is 4.79 Å². The Bertz CT molecular complexity index is 566. The normalized spacial score (nSPS) is 10.4. The van der Waals surface area contributed by atoms with Gasteiger partial charge in [0, 0.05) is 12.7 Å². The maximum atomic E-state index is 11.3. The number of carbonyl (C=O) groups excluding carboxylic acids is 1. The average Bonchev–Trinajstić information content (AvgIpc) is 2.67. The van der Waals surface area contributed by atoms with Crippen molar-refractivity contribution in [3.8, 4) is 0 Å². The van der Waals surface area contributed by atoms with Gasteiger partial charge in [-0.15, -0.1) is 5.10 Å². The fourth-order valence-electron chi connectivity index (χ4n) is 1.26. The molecule has 0 bridgehead atoms. The molecule has 0 unspecified atom stereocenters. The summed E-state index contributed by atoms with van der Waals surface area (Å²) in [6.45, 7) is 0. The van der Waals surface area contributed by atoms with Crippen molar-refractivity contribution in [3.63, 3.8) is 0 Å². The van der Waals surface area contributed by atoms with Crippen LogP contribution in [0.5, 0.6) is 0 Å². The lowest BCUT2D eigenvalue weighted by Gasteiger charge is -2.07. The summed E-state index contributed by atoms with van der Waals surface area (Å²) >= 11 is 1.20. The maximum Gasteiger partial charge on any atom is 0.249 e. The lowest BCUT2D eigenvalue weighted by atomic mass is 10.2. The highest BCUT2D eigenvalue weighted by atomic mass is 32.2. The molecule has 2 rings (SSSR count). The van der Waals surface area contributed by atoms with E-state index < -0.39 is 5.91 Å². The Balaban J connectivity index is 2.45. The van der Waals surface area contributed by atoms with Gasteiger partial charge in [-0.1, -0.05) is 6.07 Å². The average molecular weight is 250 g/mol. The van der Waals surface area contributed by atoms with Gasteiger partial charge in [0.25, 0.3) is 0 Å². The van der Waals surface area contributed by atoms with E-state index in [0.717, 1.165) is 0 Å². The van der Waals surface area contributed by atoms with Crippen molar-refractivity contribution in [1.29, 1.82) is 0 Å². The van der Waals surface area contributed by atoms with Crippen molar-refractivity contribution >= 4 is 23.4 Å². The third-order valence-electron chi connectivity index (χ3n) is 2.09. The third-order valence-corrected chi connectivity index (χ3v) is 3.27. The van der Waals surface area contributed by atoms with Crippen LogP contribution in [-0.4, -0.2) is 26.1 Å². The zero-order valence-corrected chi connectivity index (χ0v) is 9.81. The lowest BCUT2D eigenvalue weighted by Crippen LogP contribution is -2.13. The van der Waals surface area contributed by atoms with E-state index in [1.807, 2.05) is 0 Å². The number of benzene rings is 1. The lowest BCUT2D eigenvalue weighted by molar-refractivity contribution is 0.0997. The molecule has 0 aliphatic rings. The highest BCUT2D eigenvalue weighted by Crippen LogP contribution is 2.32. The largest absolute Gasteiger partial charge is 0.398 e. The van der Waals surface area contributed by atoms with Gasteiger partial charge in [-0.25, -0.2) is 4.68 Å². The van der Waals surface area contributed by atoms with E-state index in [1.165, 1.54) is 16.4 Å². The van der Waals surface area contributed by atoms with Gasteiger partial charge in [0.2, 0.25) is 11.1 Å². The molecule has 0 aliphatic heterocycles. The van der Waals surface area contributed by atoms with E-state index in [4.69, 9.17) is 11.5 Å². The van der Waals surface area contributed by atoms with Gasteiger partial charge in [0.15, 0.2) is 0 Å². The van der Waals surface area contributed by atoms with Crippen LogP contribution in [0.2, 0.25) is 0 Å². The molecule has 0 atom stereocenters. The van der Waals surface area contributed by atoms with E-state index in [-0.39, 0.29) is 0 Å². The number of amides is 1. The molecule has 0 fully saturated rings. The number of aromatic nitrogens is 4. The minimum atomic E-state index is -0.532. The summed E-state index contributed by atoms with van der Waals surface area (Å²) in [6, 6.07) is 4.98. The number of primary amides is 1. The predicted octanol–water partition coefficient (Wildman–Crippen LogP) is 0.0424. The number of aryl methyl sites for hydroxylation is 1. The second-order valence-electron chi connectivity index (χ2n) is 3.28. The molecule has 17 heavy (non-hydrogen) atoms. The van der Waals surface area contributed by atoms with Crippen molar-refractivity contribution in [2.75, 3.05) is 5.73 Å². The van der Waals surface area contributed by atoms with Gasteiger partial charge in [-0.05, 0) is 34.3 Å². The standard InChI is InChI=1S/C9H10N6OS/c1-15-9(12-13-14-15)17-7-5(8(11)16)3-2-4-6(7)10/h2-4H,10H2,1H3,(H2,11,16). The van der Waals surface area contributed by atoms with Crippen LogP contribution in [0.1, 0.15) is 10.4 Å². The van der Waals surface area contributed by atoms with Crippen LogP contribution in [0.3, 0.4) is 0 Å². The number of carbonyl (C=O) groups is 1. The van der Waals surface area contributed by atoms with E-state index in [2.05, 4.69) is 15.5 Å². The quantitative estimate of drug-likeness (QED) is 0.744. The third kappa shape index (κ3) is 2.21. The van der Waals surface area contributed by atoms with Crippen LogP contribution in [0.25, 0.3) is 0 Å². The Hall–Kier alpha value is -2.09. The first-order valence-corrected chi connectivity index (χ1v) is 5.49. The summed E-state index contributed by atoms with van der Waals surface area (Å²) in [7, 11) is 1.70. The number of rotatable bonds is 3. The Labute approximate surface area is 101 Å². The van der Waals surface area contributed by atoms with Crippen molar-refractivity contribution in [3.05, 3.63) is 23.8 Å². The Morgan fingerprint density at radius 3 is 2.82 bits per heavy atom. The molecular weight excluding hydrogens is 240 g/mol. The number of tetrazole rings is 1. The monoisotopic (exact) mass is 250 g/mol. The van der Waals surface area contributed by atoms with Gasteiger partial charge in [0.1, 0.15) is 0 Å². The fraction of sp³-hybridized carbons (Fsp3) is 0.111. The molecule has 0 aliphatic carbocycles. The first kappa shape index (κ1) is 11.4. The molecule has 1 heterocycles. The topological polar surface area (TPSA) is 113 Å². The Kier molecular flexibility index (Phi) is 2.96. The molecule has 0 saturated carbocycles. The van der Waals surface area contributed by atoms with Crippen molar-refractivity contribution in [2.45, 2.75) is 10.1 Å². The number of nitrogens with two attached hydrogens (primary N) is 2. The highest BCUT2D eigenvalue weighted by Gasteiger charge is 2.15. The zero-order chi connectivity index (χ0) is 12.4. The first-order chi connectivity index (χ1) is 8.09. The van der Waals surface area contributed by atoms with Gasteiger partial charge >= 0.3 is 0 Å². The summed E-state index contributed by atoms with van der Waals surface area (Å²) < 4.78 is 1.49. The van der Waals surface area contributed by atoms with Crippen molar-refractivity contribution in [2.24, 2.45) is 12.8 Å². The second-order valence-corrected chi connectivity index (χ2v) is 4.25. The number of anilines is 1. The molecule has 7 nitrogen and oxygen atoms in total. The summed E-state index contributed by atoms with van der Waals surface area (Å²) in [5, 5.41) is 11.5. The van der Waals surface area contributed by atoms with E-state index in [9.17, 15) is 4.79 Å². The number of nitrogens with zero attached hydrogens (tertiary/aromatic N) is 4. The number of hydrogen-bond donors (Lipinski definition) is 2. The molecule has 0 saturated heterocycles. The summed E-state index contributed by atoms with van der Waals surface area (Å²) in [6.07, 6.45) is 0. The summed E-state index contributed by atoms with van der Waals surface area (Å²) in [4.78, 5) is 11.8. The van der Waals surface area contributed by atoms with E-state index >= 15 is 0 Å². The number of nitrogen functional groups attached to an aromatic ring is 1. The van der Waals surface area contributed by atoms with Crippen LogP contribution in [0.4, 0.5) is 5.69 Å². The second kappa shape index (κ2) is 4.42. The molecule has 4 N–H and O–H groups in total. The molecule has 88 valence electrons. The predicted molar refractivity (Wildman–Crippen MR) is 62.3 cm³/mol. The Morgan fingerprint density at radius 2 is 2.24 bits per heavy atom. The molecular formula is C9H10N6OS. The zero-order valence-electron chi connectivity index (χ0n) is 8.99. The minimum absolute atomic E-state index is 0.359. The van der Waals surface area contributed by atoms with Gasteiger partial charge in [0.05, 0.1) is 10.5 Å². The molecule has 2 aromatic rings. The Morgan fingerprint density at radius 1 is 1.47 bits per heavy atom. The smallest absolute Gasteiger partial charge is 0.249 e. The van der Waals surface area contributed by atoms with Crippen LogP contribution in [-0.2, 0) is 7.05 Å². The molecule has 1 aromatic carbocycles. The molecule has 1 amide bonds. The van der Waals surface area contributed by atoms with Gasteiger partial charge in [-0.2, -0.15) is 0 Å². The fourth-order valence-corrected chi connectivity index (χ4v) is 2.15. The van der Waals surface area contributed by atoms with Crippen LogP contribution >= 0.6 is 11.8 Å². The highest BCUT2D eigenvalue weighted by molar-refractivity contribution is 7.99. The molecule has 1 aromatic heterocycles. The first-order valence-electron chi connectivity index (χ1n) is 4.68. The SMILES string of the molecule is Cn1nnnc1Sc1c(N)cccc1C(N)=O. The molecule has 8 heteroatoms. The van der Waals surface area contributed by atoms with E-state index in [0.29, 0.717) is 21.3 Å². The van der Waals surface area contributed by atoms with Crippen LogP contribution in [0, 0.1) is 0 Å². The summed E-state index contributed by atoms with van der Waals surface area (Å²) in [5.41, 5.74) is 11.9. The van der Waals surface area contributed by atoms with Crippen LogP contribution < -0.4 is 11.5 Å². The van der Waals surface area contributed by atoms with Gasteiger partial charge < -0.3 is 11.5 Å². The maximum absolute atomic E-state index is 11.3. The molecule has 0 spiro atoms. The van der Waals surface area contributed by atoms with Gasteiger partial charge in [-0.3, -0.25) is 4.79 Å². The molecule has 0 radical (unpaired) electrons. The summed E-state index contributed by atoms with van der Waals surface area (Å²) in [5.74, 6) is -0.532. The van der Waals surface area contributed by atoms with E-state index in [1.54, 1.807) is 25.2 Å². The van der Waals surface area contributed by atoms with Crippen molar-refractivity contribution in [1.82, 2.24) is 20.2 Å². The minimum Gasteiger partial charge on any atom is -0.398 e.